The Hall–Kier alpha value is -1.81. The number of benzene rings is 2. The van der Waals surface area contributed by atoms with Crippen LogP contribution in [0.15, 0.2) is 42.5 Å². The van der Waals surface area contributed by atoms with E-state index in [9.17, 15) is 9.18 Å². The van der Waals surface area contributed by atoms with Gasteiger partial charge in [0.05, 0.1) is 5.75 Å². The van der Waals surface area contributed by atoms with E-state index in [1.54, 1.807) is 23.9 Å². The molecule has 3 rings (SSSR count). The molecule has 1 aliphatic rings. The number of rotatable bonds is 2. The summed E-state index contributed by atoms with van der Waals surface area (Å²) >= 11 is 1.58. The van der Waals surface area contributed by atoms with Gasteiger partial charge in [-0.05, 0) is 54.8 Å². The zero-order valence-electron chi connectivity index (χ0n) is 12.0. The van der Waals surface area contributed by atoms with E-state index in [-0.39, 0.29) is 17.1 Å². The molecule has 0 unspecified atom stereocenters. The molecule has 1 fully saturated rings. The summed E-state index contributed by atoms with van der Waals surface area (Å²) in [6, 6.07) is 12.4. The van der Waals surface area contributed by atoms with Crippen molar-refractivity contribution in [3.8, 4) is 0 Å². The summed E-state index contributed by atoms with van der Waals surface area (Å²) in [4.78, 5) is 14.1. The molecule has 2 aromatic rings. The number of carbonyl (C=O) groups excluding carboxylic acids is 1. The minimum atomic E-state index is -0.259. The van der Waals surface area contributed by atoms with E-state index >= 15 is 0 Å². The third-order valence-electron chi connectivity index (χ3n) is 3.79. The molecule has 2 aromatic carbocycles. The summed E-state index contributed by atoms with van der Waals surface area (Å²) in [5, 5.41) is -0.0831. The van der Waals surface area contributed by atoms with E-state index in [0.29, 0.717) is 5.75 Å². The maximum atomic E-state index is 13.1. The number of amides is 1. The SMILES string of the molecule is Cc1ccc(N2C(=O)CS[C@H]2c2ccc(F)cc2)cc1C. The number of thioether (sulfide) groups is 1. The maximum Gasteiger partial charge on any atom is 0.238 e. The molecule has 0 N–H and O–H groups in total. The number of aryl methyl sites for hydroxylation is 2. The second-order valence-electron chi connectivity index (χ2n) is 5.25. The van der Waals surface area contributed by atoms with Gasteiger partial charge in [0.15, 0.2) is 0 Å². The third-order valence-corrected chi connectivity index (χ3v) is 5.00. The first kappa shape index (κ1) is 14.1. The summed E-state index contributed by atoms with van der Waals surface area (Å²) in [5.74, 6) is 0.290. The van der Waals surface area contributed by atoms with Crippen LogP contribution in [0.25, 0.3) is 0 Å². The first-order valence-electron chi connectivity index (χ1n) is 6.82. The molecular formula is C17H16FNOS. The Morgan fingerprint density at radius 1 is 1.10 bits per heavy atom. The fourth-order valence-corrected chi connectivity index (χ4v) is 3.63. The molecule has 0 radical (unpaired) electrons. The summed E-state index contributed by atoms with van der Waals surface area (Å²) < 4.78 is 13.1. The zero-order valence-corrected chi connectivity index (χ0v) is 12.8. The molecule has 4 heteroatoms. The van der Waals surface area contributed by atoms with Gasteiger partial charge in [0, 0.05) is 5.69 Å². The van der Waals surface area contributed by atoms with Gasteiger partial charge in [-0.3, -0.25) is 9.69 Å². The Morgan fingerprint density at radius 3 is 2.48 bits per heavy atom. The highest BCUT2D eigenvalue weighted by Crippen LogP contribution is 2.42. The fourth-order valence-electron chi connectivity index (χ4n) is 2.45. The van der Waals surface area contributed by atoms with Crippen molar-refractivity contribution in [3.63, 3.8) is 0 Å². The molecule has 1 atom stereocenters. The average Bonchev–Trinajstić information content (AvgIpc) is 2.85. The third kappa shape index (κ3) is 2.68. The molecule has 0 spiro atoms. The van der Waals surface area contributed by atoms with Crippen LogP contribution in [-0.2, 0) is 4.79 Å². The predicted molar refractivity (Wildman–Crippen MR) is 85.0 cm³/mol. The van der Waals surface area contributed by atoms with Crippen molar-refractivity contribution in [2.75, 3.05) is 10.7 Å². The molecular weight excluding hydrogens is 285 g/mol. The molecule has 1 heterocycles. The quantitative estimate of drug-likeness (QED) is 0.827. The Labute approximate surface area is 128 Å². The second kappa shape index (κ2) is 5.53. The van der Waals surface area contributed by atoms with Gasteiger partial charge in [-0.25, -0.2) is 4.39 Å². The van der Waals surface area contributed by atoms with Crippen molar-refractivity contribution in [2.24, 2.45) is 0 Å². The van der Waals surface area contributed by atoms with Gasteiger partial charge in [0.1, 0.15) is 11.2 Å². The molecule has 0 saturated carbocycles. The van der Waals surface area contributed by atoms with E-state index < -0.39 is 0 Å². The van der Waals surface area contributed by atoms with Gasteiger partial charge in [-0.1, -0.05) is 18.2 Å². The summed E-state index contributed by atoms with van der Waals surface area (Å²) in [6.07, 6.45) is 0. The fraction of sp³-hybridized carbons (Fsp3) is 0.235. The zero-order chi connectivity index (χ0) is 15.0. The highest BCUT2D eigenvalue weighted by Gasteiger charge is 2.34. The normalized spacial score (nSPS) is 18.3. The Bertz CT molecular complexity index is 684. The van der Waals surface area contributed by atoms with Crippen molar-refractivity contribution in [1.29, 1.82) is 0 Å². The number of anilines is 1. The lowest BCUT2D eigenvalue weighted by atomic mass is 10.1. The van der Waals surface area contributed by atoms with E-state index in [2.05, 4.69) is 6.92 Å². The molecule has 2 nitrogen and oxygen atoms in total. The van der Waals surface area contributed by atoms with E-state index in [1.165, 1.54) is 17.7 Å². The van der Waals surface area contributed by atoms with Crippen molar-refractivity contribution in [3.05, 3.63) is 65.0 Å². The van der Waals surface area contributed by atoms with Gasteiger partial charge < -0.3 is 0 Å². The Balaban J connectivity index is 1.99. The number of nitrogens with zero attached hydrogens (tertiary/aromatic N) is 1. The highest BCUT2D eigenvalue weighted by molar-refractivity contribution is 8.00. The summed E-state index contributed by atoms with van der Waals surface area (Å²) in [7, 11) is 0. The van der Waals surface area contributed by atoms with Gasteiger partial charge in [-0.15, -0.1) is 11.8 Å². The van der Waals surface area contributed by atoms with Crippen LogP contribution >= 0.6 is 11.8 Å². The molecule has 108 valence electrons. The van der Waals surface area contributed by atoms with Gasteiger partial charge >= 0.3 is 0 Å². The van der Waals surface area contributed by atoms with Crippen LogP contribution in [0.2, 0.25) is 0 Å². The molecule has 0 aliphatic carbocycles. The molecule has 1 amide bonds. The minimum absolute atomic E-state index is 0.0831. The van der Waals surface area contributed by atoms with Crippen LogP contribution < -0.4 is 4.90 Å². The van der Waals surface area contributed by atoms with Crippen LogP contribution in [0.5, 0.6) is 0 Å². The topological polar surface area (TPSA) is 20.3 Å². The average molecular weight is 301 g/mol. The standard InChI is InChI=1S/C17H16FNOS/c1-11-3-8-15(9-12(11)2)19-16(20)10-21-17(19)13-4-6-14(18)7-5-13/h3-9,17H,10H2,1-2H3/t17-/m0/s1. The van der Waals surface area contributed by atoms with Gasteiger partial charge in [0.25, 0.3) is 0 Å². The van der Waals surface area contributed by atoms with Gasteiger partial charge in [-0.2, -0.15) is 0 Å². The lowest BCUT2D eigenvalue weighted by Crippen LogP contribution is -2.27. The second-order valence-corrected chi connectivity index (χ2v) is 6.32. The van der Waals surface area contributed by atoms with Crippen LogP contribution in [0.1, 0.15) is 22.1 Å². The lowest BCUT2D eigenvalue weighted by molar-refractivity contribution is -0.115. The molecule has 1 saturated heterocycles. The first-order chi connectivity index (χ1) is 10.1. The van der Waals surface area contributed by atoms with Crippen LogP contribution in [0.4, 0.5) is 10.1 Å². The van der Waals surface area contributed by atoms with Crippen LogP contribution in [0, 0.1) is 19.7 Å². The first-order valence-corrected chi connectivity index (χ1v) is 7.87. The molecule has 0 bridgehead atoms. The van der Waals surface area contributed by atoms with Crippen molar-refractivity contribution >= 4 is 23.4 Å². The molecule has 0 aromatic heterocycles. The van der Waals surface area contributed by atoms with Crippen molar-refractivity contribution < 1.29 is 9.18 Å². The number of halogens is 1. The van der Waals surface area contributed by atoms with Crippen molar-refractivity contribution in [1.82, 2.24) is 0 Å². The summed E-state index contributed by atoms with van der Waals surface area (Å²) in [5.41, 5.74) is 4.22. The van der Waals surface area contributed by atoms with E-state index in [1.807, 2.05) is 30.0 Å². The maximum absolute atomic E-state index is 13.1. The van der Waals surface area contributed by atoms with Crippen LogP contribution in [-0.4, -0.2) is 11.7 Å². The Kier molecular flexibility index (Phi) is 3.72. The molecule has 21 heavy (non-hydrogen) atoms. The summed E-state index contributed by atoms with van der Waals surface area (Å²) in [6.45, 7) is 4.09. The predicted octanol–water partition coefficient (Wildman–Crippen LogP) is 4.22. The van der Waals surface area contributed by atoms with E-state index in [4.69, 9.17) is 0 Å². The minimum Gasteiger partial charge on any atom is -0.295 e. The monoisotopic (exact) mass is 301 g/mol. The molecule has 1 aliphatic heterocycles. The number of hydrogen-bond donors (Lipinski definition) is 0. The highest BCUT2D eigenvalue weighted by atomic mass is 32.2. The Morgan fingerprint density at radius 2 is 1.81 bits per heavy atom. The lowest BCUT2D eigenvalue weighted by Gasteiger charge is -2.25. The number of carbonyl (C=O) groups is 1. The smallest absolute Gasteiger partial charge is 0.238 e. The largest absolute Gasteiger partial charge is 0.295 e. The van der Waals surface area contributed by atoms with E-state index in [0.717, 1.165) is 16.8 Å². The van der Waals surface area contributed by atoms with Gasteiger partial charge in [0.2, 0.25) is 5.91 Å². The van der Waals surface area contributed by atoms with Crippen molar-refractivity contribution in [2.45, 2.75) is 19.2 Å². The number of hydrogen-bond acceptors (Lipinski definition) is 2. The van der Waals surface area contributed by atoms with Crippen LogP contribution in [0.3, 0.4) is 0 Å².